The fraction of sp³-hybridized carbons (Fsp3) is 0.625. The van der Waals surface area contributed by atoms with E-state index in [0.29, 0.717) is 0 Å². The van der Waals surface area contributed by atoms with Crippen LogP contribution in [-0.4, -0.2) is 19.8 Å². The van der Waals surface area contributed by atoms with Crippen molar-refractivity contribution in [1.82, 2.24) is 0 Å². The minimum Gasteiger partial charge on any atom is -0.497 e. The predicted octanol–water partition coefficient (Wildman–Crippen LogP) is 3.68. The van der Waals surface area contributed by atoms with Gasteiger partial charge in [-0.05, 0) is 30.5 Å². The average Bonchev–Trinajstić information content (AvgIpc) is 2.46. The van der Waals surface area contributed by atoms with E-state index in [9.17, 15) is 0 Å². The maximum Gasteiger partial charge on any atom is 0.119 e. The molecule has 3 nitrogen and oxygen atoms in total. The van der Waals surface area contributed by atoms with Gasteiger partial charge in [0.1, 0.15) is 5.75 Å². The van der Waals surface area contributed by atoms with Crippen molar-refractivity contribution < 1.29 is 9.47 Å². The molecule has 108 valence electrons. The molecule has 0 aliphatic carbocycles. The van der Waals surface area contributed by atoms with E-state index in [1.54, 1.807) is 7.11 Å². The molecule has 2 unspecified atom stereocenters. The van der Waals surface area contributed by atoms with Gasteiger partial charge in [0.15, 0.2) is 0 Å². The van der Waals surface area contributed by atoms with Crippen molar-refractivity contribution in [2.45, 2.75) is 51.7 Å². The van der Waals surface area contributed by atoms with Crippen molar-refractivity contribution in [3.05, 3.63) is 29.8 Å². The molecule has 0 amide bonds. The first kappa shape index (κ1) is 16.0. The zero-order valence-electron chi connectivity index (χ0n) is 12.4. The van der Waals surface area contributed by atoms with Crippen LogP contribution in [0.5, 0.6) is 5.75 Å². The summed E-state index contributed by atoms with van der Waals surface area (Å²) in [6, 6.07) is 8.02. The molecule has 0 spiro atoms. The Hall–Kier alpha value is -1.06. The van der Waals surface area contributed by atoms with Crippen LogP contribution in [0.4, 0.5) is 0 Å². The minimum atomic E-state index is -0.0445. The third kappa shape index (κ3) is 5.21. The number of nitrogens with two attached hydrogens (primary N) is 1. The average molecular weight is 265 g/mol. The molecule has 0 aliphatic rings. The Bertz CT molecular complexity index is 354. The van der Waals surface area contributed by atoms with E-state index in [4.69, 9.17) is 15.2 Å². The highest BCUT2D eigenvalue weighted by Crippen LogP contribution is 2.25. The zero-order chi connectivity index (χ0) is 14.1. The number of hydrogen-bond acceptors (Lipinski definition) is 3. The van der Waals surface area contributed by atoms with E-state index in [1.165, 1.54) is 12.8 Å². The van der Waals surface area contributed by atoms with Crippen molar-refractivity contribution in [3.8, 4) is 5.75 Å². The number of rotatable bonds is 9. The van der Waals surface area contributed by atoms with E-state index in [-0.39, 0.29) is 12.1 Å². The highest BCUT2D eigenvalue weighted by atomic mass is 16.5. The van der Waals surface area contributed by atoms with E-state index in [1.807, 2.05) is 18.2 Å². The van der Waals surface area contributed by atoms with Crippen LogP contribution in [0.25, 0.3) is 0 Å². The lowest BCUT2D eigenvalue weighted by Crippen LogP contribution is -2.29. The summed E-state index contributed by atoms with van der Waals surface area (Å²) in [4.78, 5) is 0. The summed E-state index contributed by atoms with van der Waals surface area (Å²) in [6.45, 7) is 5.05. The molecule has 1 aromatic rings. The van der Waals surface area contributed by atoms with Gasteiger partial charge in [-0.15, -0.1) is 0 Å². The predicted molar refractivity (Wildman–Crippen MR) is 79.5 cm³/mol. The molecule has 1 aromatic carbocycles. The van der Waals surface area contributed by atoms with Crippen LogP contribution < -0.4 is 10.5 Å². The van der Waals surface area contributed by atoms with E-state index in [0.717, 1.165) is 30.8 Å². The Kier molecular flexibility index (Phi) is 7.53. The molecule has 1 rings (SSSR count). The molecule has 0 bridgehead atoms. The molecule has 0 aliphatic heterocycles. The van der Waals surface area contributed by atoms with E-state index < -0.39 is 0 Å². The number of benzene rings is 1. The monoisotopic (exact) mass is 265 g/mol. The van der Waals surface area contributed by atoms with Gasteiger partial charge in [-0.2, -0.15) is 0 Å². The standard InChI is InChI=1S/C16H27NO2/c1-4-6-7-11-19-16(15(17)5-2)13-9-8-10-14(12-13)18-3/h8-10,12,15-16H,4-7,11,17H2,1-3H3. The molecule has 19 heavy (non-hydrogen) atoms. The van der Waals surface area contributed by atoms with Gasteiger partial charge in [0.2, 0.25) is 0 Å². The number of unbranched alkanes of at least 4 members (excludes halogenated alkanes) is 2. The topological polar surface area (TPSA) is 44.5 Å². The summed E-state index contributed by atoms with van der Waals surface area (Å²) < 4.78 is 11.3. The molecule has 2 N–H and O–H groups in total. The van der Waals surface area contributed by atoms with Crippen molar-refractivity contribution in [1.29, 1.82) is 0 Å². The highest BCUT2D eigenvalue weighted by Gasteiger charge is 2.19. The fourth-order valence-corrected chi connectivity index (χ4v) is 2.06. The Morgan fingerprint density at radius 1 is 1.21 bits per heavy atom. The largest absolute Gasteiger partial charge is 0.497 e. The van der Waals surface area contributed by atoms with Crippen LogP contribution in [0.2, 0.25) is 0 Å². The second-order valence-electron chi connectivity index (χ2n) is 4.85. The van der Waals surface area contributed by atoms with E-state index >= 15 is 0 Å². The third-order valence-corrected chi connectivity index (χ3v) is 3.33. The van der Waals surface area contributed by atoms with E-state index in [2.05, 4.69) is 19.9 Å². The third-order valence-electron chi connectivity index (χ3n) is 3.33. The van der Waals surface area contributed by atoms with Gasteiger partial charge >= 0.3 is 0 Å². The molecule has 3 heteroatoms. The van der Waals surface area contributed by atoms with Gasteiger partial charge in [-0.3, -0.25) is 0 Å². The SMILES string of the molecule is CCCCCOC(c1cccc(OC)c1)C(N)CC. The van der Waals surface area contributed by atoms with Crippen molar-refractivity contribution in [2.24, 2.45) is 5.73 Å². The Morgan fingerprint density at radius 3 is 2.63 bits per heavy atom. The van der Waals surface area contributed by atoms with Crippen LogP contribution >= 0.6 is 0 Å². The second kappa shape index (κ2) is 8.94. The zero-order valence-corrected chi connectivity index (χ0v) is 12.4. The summed E-state index contributed by atoms with van der Waals surface area (Å²) in [7, 11) is 1.68. The Labute approximate surface area is 117 Å². The van der Waals surface area contributed by atoms with Crippen LogP contribution in [0.15, 0.2) is 24.3 Å². The molecule has 0 saturated carbocycles. The fourth-order valence-electron chi connectivity index (χ4n) is 2.06. The first-order valence-electron chi connectivity index (χ1n) is 7.24. The van der Waals surface area contributed by atoms with Gasteiger partial charge in [0.05, 0.1) is 13.2 Å². The van der Waals surface area contributed by atoms with Gasteiger partial charge in [0.25, 0.3) is 0 Å². The lowest BCUT2D eigenvalue weighted by molar-refractivity contribution is 0.0311. The quantitative estimate of drug-likeness (QED) is 0.693. The summed E-state index contributed by atoms with van der Waals surface area (Å²) in [5.41, 5.74) is 7.29. The van der Waals surface area contributed by atoms with Crippen LogP contribution in [0.3, 0.4) is 0 Å². The van der Waals surface area contributed by atoms with Gasteiger partial charge in [0, 0.05) is 12.6 Å². The minimum absolute atomic E-state index is 0.0220. The van der Waals surface area contributed by atoms with Gasteiger partial charge in [-0.1, -0.05) is 38.8 Å². The molecular formula is C16H27NO2. The summed E-state index contributed by atoms with van der Waals surface area (Å²) in [5, 5.41) is 0. The number of ether oxygens (including phenoxy) is 2. The lowest BCUT2D eigenvalue weighted by atomic mass is 10.0. The lowest BCUT2D eigenvalue weighted by Gasteiger charge is -2.24. The maximum atomic E-state index is 6.19. The molecular weight excluding hydrogens is 238 g/mol. The summed E-state index contributed by atoms with van der Waals surface area (Å²) in [6.07, 6.45) is 4.35. The smallest absolute Gasteiger partial charge is 0.119 e. The first-order chi connectivity index (χ1) is 9.22. The molecule has 0 radical (unpaired) electrons. The summed E-state index contributed by atoms with van der Waals surface area (Å²) in [5.74, 6) is 0.850. The highest BCUT2D eigenvalue weighted by molar-refractivity contribution is 5.30. The number of methoxy groups -OCH3 is 1. The Balaban J connectivity index is 2.71. The Morgan fingerprint density at radius 2 is 2.00 bits per heavy atom. The summed E-state index contributed by atoms with van der Waals surface area (Å²) >= 11 is 0. The number of hydrogen-bond donors (Lipinski definition) is 1. The van der Waals surface area contributed by atoms with Crippen LogP contribution in [-0.2, 0) is 4.74 Å². The van der Waals surface area contributed by atoms with Crippen molar-refractivity contribution in [2.75, 3.05) is 13.7 Å². The molecule has 0 aromatic heterocycles. The molecule has 0 fully saturated rings. The first-order valence-corrected chi connectivity index (χ1v) is 7.24. The van der Waals surface area contributed by atoms with Crippen LogP contribution in [0.1, 0.15) is 51.2 Å². The van der Waals surface area contributed by atoms with Gasteiger partial charge in [-0.25, -0.2) is 0 Å². The maximum absolute atomic E-state index is 6.19. The molecule has 0 saturated heterocycles. The van der Waals surface area contributed by atoms with Crippen molar-refractivity contribution in [3.63, 3.8) is 0 Å². The normalized spacial score (nSPS) is 14.1. The van der Waals surface area contributed by atoms with Crippen molar-refractivity contribution >= 4 is 0 Å². The second-order valence-corrected chi connectivity index (χ2v) is 4.85. The molecule has 2 atom stereocenters. The van der Waals surface area contributed by atoms with Crippen LogP contribution in [0, 0.1) is 0 Å². The van der Waals surface area contributed by atoms with Gasteiger partial charge < -0.3 is 15.2 Å². The molecule has 0 heterocycles.